The van der Waals surface area contributed by atoms with Gasteiger partial charge in [-0.25, -0.2) is 18.7 Å². The predicted molar refractivity (Wildman–Crippen MR) is 120 cm³/mol. The molecule has 174 valence electrons. The molecule has 1 aliphatic heterocycles. The summed E-state index contributed by atoms with van der Waals surface area (Å²) < 4.78 is 38.6. The normalized spacial score (nSPS) is 16.5. The van der Waals surface area contributed by atoms with Gasteiger partial charge < -0.3 is 19.4 Å². The molecule has 1 N–H and O–H groups in total. The van der Waals surface area contributed by atoms with Crippen LogP contribution in [0.4, 0.5) is 20.4 Å². The number of pyridine rings is 3. The number of hydrogen-bond acceptors (Lipinski definition) is 8. The molecule has 6 rings (SSSR count). The van der Waals surface area contributed by atoms with Crippen molar-refractivity contribution < 1.29 is 22.7 Å². The maximum atomic E-state index is 13.6. The molecule has 1 saturated heterocycles. The molecule has 1 amide bonds. The molecule has 0 unspecified atom stereocenters. The Labute approximate surface area is 192 Å². The molecule has 2 fully saturated rings. The second-order valence-electron chi connectivity index (χ2n) is 8.35. The highest BCUT2D eigenvalue weighted by Gasteiger charge is 2.30. The fourth-order valence-electron chi connectivity index (χ4n) is 4.03. The van der Waals surface area contributed by atoms with Gasteiger partial charge in [-0.2, -0.15) is 4.98 Å². The Morgan fingerprint density at radius 1 is 1.09 bits per heavy atom. The fourth-order valence-corrected chi connectivity index (χ4v) is 4.03. The summed E-state index contributed by atoms with van der Waals surface area (Å²) in [6, 6.07) is 5.20. The van der Waals surface area contributed by atoms with Crippen LogP contribution >= 0.6 is 0 Å². The Balaban J connectivity index is 1.43. The van der Waals surface area contributed by atoms with Gasteiger partial charge in [0.15, 0.2) is 5.58 Å². The summed E-state index contributed by atoms with van der Waals surface area (Å²) in [6.07, 6.45) is 1.50. The molecule has 0 bridgehead atoms. The third-order valence-corrected chi connectivity index (χ3v) is 6.01. The van der Waals surface area contributed by atoms with Gasteiger partial charge in [-0.05, 0) is 31.0 Å². The lowest BCUT2D eigenvalue weighted by atomic mass is 10.1. The highest BCUT2D eigenvalue weighted by molar-refractivity contribution is 6.00. The summed E-state index contributed by atoms with van der Waals surface area (Å²) in [4.78, 5) is 31.5. The molecule has 1 aliphatic carbocycles. The maximum absolute atomic E-state index is 13.6. The Bertz CT molecular complexity index is 1400. The van der Waals surface area contributed by atoms with E-state index in [2.05, 4.69) is 30.2 Å². The van der Waals surface area contributed by atoms with Crippen LogP contribution in [0.1, 0.15) is 25.0 Å². The summed E-state index contributed by atoms with van der Waals surface area (Å²) in [5.41, 5.74) is 0.889. The number of rotatable bonds is 5. The molecule has 0 atom stereocenters. The van der Waals surface area contributed by atoms with Gasteiger partial charge in [-0.3, -0.25) is 9.78 Å². The van der Waals surface area contributed by atoms with Crippen LogP contribution in [0.25, 0.3) is 33.5 Å². The van der Waals surface area contributed by atoms with Gasteiger partial charge in [0.2, 0.25) is 17.4 Å². The zero-order valence-electron chi connectivity index (χ0n) is 18.0. The van der Waals surface area contributed by atoms with Crippen LogP contribution in [0.2, 0.25) is 0 Å². The van der Waals surface area contributed by atoms with Crippen molar-refractivity contribution in [1.29, 1.82) is 0 Å². The minimum Gasteiger partial charge on any atom is -0.434 e. The first kappa shape index (κ1) is 20.8. The number of nitrogens with zero attached hydrogens (tertiary/aromatic N) is 5. The number of alkyl halides is 2. The van der Waals surface area contributed by atoms with Crippen molar-refractivity contribution in [3.8, 4) is 11.5 Å². The monoisotopic (exact) mass is 466 g/mol. The molecular weight excluding hydrogens is 446 g/mol. The molecular formula is C23H20F2N6O3. The Hall–Kier alpha value is -3.73. The lowest BCUT2D eigenvalue weighted by Gasteiger charge is -2.27. The first-order valence-electron chi connectivity index (χ1n) is 11.0. The minimum atomic E-state index is -2.79. The van der Waals surface area contributed by atoms with Crippen molar-refractivity contribution in [2.24, 2.45) is 5.92 Å². The number of halogens is 2. The van der Waals surface area contributed by atoms with Crippen LogP contribution in [0.3, 0.4) is 0 Å². The molecule has 4 aromatic rings. The number of morpholine rings is 1. The average Bonchev–Trinajstić information content (AvgIpc) is 3.62. The fraction of sp³-hybridized carbons (Fsp3) is 0.348. The van der Waals surface area contributed by atoms with Gasteiger partial charge in [0.1, 0.15) is 17.3 Å². The largest absolute Gasteiger partial charge is 0.434 e. The van der Waals surface area contributed by atoms with E-state index < -0.39 is 12.1 Å². The van der Waals surface area contributed by atoms with Crippen molar-refractivity contribution in [3.05, 3.63) is 36.3 Å². The van der Waals surface area contributed by atoms with Crippen molar-refractivity contribution >= 4 is 39.5 Å². The quantitative estimate of drug-likeness (QED) is 0.471. The molecule has 0 aromatic carbocycles. The van der Waals surface area contributed by atoms with Gasteiger partial charge in [0, 0.05) is 42.2 Å². The highest BCUT2D eigenvalue weighted by Crippen LogP contribution is 2.36. The topological polar surface area (TPSA) is 106 Å². The van der Waals surface area contributed by atoms with Crippen LogP contribution in [0.15, 0.2) is 35.0 Å². The minimum absolute atomic E-state index is 0.0187. The molecule has 9 nitrogen and oxygen atoms in total. The summed E-state index contributed by atoms with van der Waals surface area (Å²) >= 11 is 0. The van der Waals surface area contributed by atoms with E-state index in [0.29, 0.717) is 35.4 Å². The van der Waals surface area contributed by atoms with Crippen LogP contribution in [-0.4, -0.2) is 52.1 Å². The molecule has 11 heteroatoms. The van der Waals surface area contributed by atoms with Crippen molar-refractivity contribution in [2.45, 2.75) is 19.3 Å². The Kier molecular flexibility index (Phi) is 5.05. The molecule has 0 spiro atoms. The summed E-state index contributed by atoms with van der Waals surface area (Å²) in [5.74, 6) is 1.10. The predicted octanol–water partition coefficient (Wildman–Crippen LogP) is 3.96. The maximum Gasteiger partial charge on any atom is 0.281 e. The van der Waals surface area contributed by atoms with E-state index in [-0.39, 0.29) is 28.9 Å². The highest BCUT2D eigenvalue weighted by atomic mass is 19.3. The van der Waals surface area contributed by atoms with Crippen molar-refractivity contribution in [3.63, 3.8) is 0 Å². The van der Waals surface area contributed by atoms with Gasteiger partial charge in [0.05, 0.1) is 18.8 Å². The Morgan fingerprint density at radius 3 is 2.68 bits per heavy atom. The van der Waals surface area contributed by atoms with Gasteiger partial charge in [-0.15, -0.1) is 0 Å². The second kappa shape index (κ2) is 8.24. The van der Waals surface area contributed by atoms with E-state index in [4.69, 9.17) is 9.15 Å². The van der Waals surface area contributed by atoms with Crippen molar-refractivity contribution in [1.82, 2.24) is 19.9 Å². The van der Waals surface area contributed by atoms with Crippen LogP contribution in [0, 0.1) is 5.92 Å². The van der Waals surface area contributed by atoms with Crippen molar-refractivity contribution in [2.75, 3.05) is 36.5 Å². The second-order valence-corrected chi connectivity index (χ2v) is 8.35. The number of fused-ring (bicyclic) bond motifs is 2. The van der Waals surface area contributed by atoms with Gasteiger partial charge in [-0.1, -0.05) is 0 Å². The third kappa shape index (κ3) is 3.81. The first-order valence-corrected chi connectivity index (χ1v) is 11.0. The van der Waals surface area contributed by atoms with E-state index in [1.807, 2.05) is 6.07 Å². The molecule has 4 aromatic heterocycles. The standard InChI is InChI=1S/C23H20F2N6O3/c24-20(25)19-14-10-26-17(28-22(32)12-1-2-12)9-13(14)15(11-27-19)23-30-21-16(34-23)3-4-18(29-21)31-5-7-33-8-6-31/h3-4,9-12,20H,1-2,5-8H2,(H,26,28,32). The first-order chi connectivity index (χ1) is 16.6. The number of oxazole rings is 1. The number of carbonyl (C=O) groups excluding carboxylic acids is 1. The van der Waals surface area contributed by atoms with Crippen LogP contribution in [-0.2, 0) is 9.53 Å². The smallest absolute Gasteiger partial charge is 0.281 e. The number of aromatic nitrogens is 4. The summed E-state index contributed by atoms with van der Waals surface area (Å²) in [5, 5.41) is 3.33. The number of nitrogens with one attached hydrogen (secondary N) is 1. The summed E-state index contributed by atoms with van der Waals surface area (Å²) in [7, 11) is 0. The van der Waals surface area contributed by atoms with E-state index in [0.717, 1.165) is 31.7 Å². The third-order valence-electron chi connectivity index (χ3n) is 6.01. The molecule has 1 saturated carbocycles. The van der Waals surface area contributed by atoms with E-state index in [1.165, 1.54) is 12.4 Å². The number of carbonyl (C=O) groups is 1. The zero-order chi connectivity index (χ0) is 23.2. The lowest BCUT2D eigenvalue weighted by molar-refractivity contribution is -0.117. The SMILES string of the molecule is O=C(Nc1cc2c(-c3nc4nc(N5CCOCC5)ccc4o3)cnc(C(F)F)c2cn1)C1CC1. The van der Waals surface area contributed by atoms with Gasteiger partial charge >= 0.3 is 0 Å². The molecule has 5 heterocycles. The molecule has 34 heavy (non-hydrogen) atoms. The zero-order valence-corrected chi connectivity index (χ0v) is 18.0. The number of anilines is 2. The summed E-state index contributed by atoms with van der Waals surface area (Å²) in [6.45, 7) is 2.72. The van der Waals surface area contributed by atoms with E-state index >= 15 is 0 Å². The van der Waals surface area contributed by atoms with E-state index in [9.17, 15) is 13.6 Å². The van der Waals surface area contributed by atoms with Crippen LogP contribution < -0.4 is 10.2 Å². The van der Waals surface area contributed by atoms with Crippen LogP contribution in [0.5, 0.6) is 0 Å². The van der Waals surface area contributed by atoms with E-state index in [1.54, 1.807) is 12.1 Å². The average molecular weight is 466 g/mol. The number of ether oxygens (including phenoxy) is 1. The lowest BCUT2D eigenvalue weighted by Crippen LogP contribution is -2.36. The number of hydrogen-bond donors (Lipinski definition) is 1. The molecule has 2 aliphatic rings. The molecule has 0 radical (unpaired) electrons. The Morgan fingerprint density at radius 2 is 1.91 bits per heavy atom. The van der Waals surface area contributed by atoms with Gasteiger partial charge in [0.25, 0.3) is 6.43 Å². The number of amides is 1.